The van der Waals surface area contributed by atoms with E-state index in [-0.39, 0.29) is 24.6 Å². The van der Waals surface area contributed by atoms with Gasteiger partial charge >= 0.3 is 6.09 Å². The Morgan fingerprint density at radius 3 is 2.10 bits per heavy atom. The van der Waals surface area contributed by atoms with E-state index in [1.807, 2.05) is 6.92 Å². The molecule has 1 aliphatic carbocycles. The molecule has 0 spiro atoms. The quantitative estimate of drug-likeness (QED) is 0.506. The Morgan fingerprint density at radius 2 is 1.60 bits per heavy atom. The van der Waals surface area contributed by atoms with Gasteiger partial charge in [-0.3, -0.25) is 4.79 Å². The highest BCUT2D eigenvalue weighted by Gasteiger charge is 2.27. The molecule has 0 aromatic heterocycles. The minimum absolute atomic E-state index is 0.0169. The third-order valence-corrected chi connectivity index (χ3v) is 6.29. The topological polar surface area (TPSA) is 86.3 Å². The number of likely N-dealkylation sites (tertiary alicyclic amines) is 1. The lowest BCUT2D eigenvalue weighted by Crippen LogP contribution is -2.52. The molecule has 8 nitrogen and oxygen atoms in total. The fourth-order valence-corrected chi connectivity index (χ4v) is 4.16. The number of carbonyl (C=O) groups excluding carboxylic acids is 2. The van der Waals surface area contributed by atoms with Crippen LogP contribution in [0.2, 0.25) is 0 Å². The van der Waals surface area contributed by atoms with Crippen molar-refractivity contribution < 1.29 is 14.3 Å². The van der Waals surface area contributed by atoms with Crippen LogP contribution in [0.4, 0.5) is 4.79 Å². The molecule has 172 valence electrons. The standard InChI is InChI=1S/C22H41N5O3/c1-6-30-22(29)27-13-11-19(12-14-27)25-21(23-15-20(28)26(4)5)24-18-9-7-17(8-10-18)16(2)3/h16-19H,6-15H2,1-5H3,(H2,23,24,25). The summed E-state index contributed by atoms with van der Waals surface area (Å²) in [5.41, 5.74) is 0. The summed E-state index contributed by atoms with van der Waals surface area (Å²) in [6.07, 6.45) is 6.16. The Hall–Kier alpha value is -1.99. The largest absolute Gasteiger partial charge is 0.450 e. The molecule has 2 aliphatic rings. The van der Waals surface area contributed by atoms with Crippen LogP contribution in [0.25, 0.3) is 0 Å². The second-order valence-corrected chi connectivity index (χ2v) is 9.06. The first-order valence-corrected chi connectivity index (χ1v) is 11.5. The van der Waals surface area contributed by atoms with E-state index >= 15 is 0 Å². The molecule has 1 saturated heterocycles. The molecule has 30 heavy (non-hydrogen) atoms. The highest BCUT2D eigenvalue weighted by molar-refractivity contribution is 5.85. The average molecular weight is 424 g/mol. The van der Waals surface area contributed by atoms with Crippen LogP contribution in [-0.2, 0) is 9.53 Å². The van der Waals surface area contributed by atoms with E-state index in [0.717, 1.165) is 37.5 Å². The van der Waals surface area contributed by atoms with Crippen molar-refractivity contribution in [3.63, 3.8) is 0 Å². The molecule has 2 amide bonds. The summed E-state index contributed by atoms with van der Waals surface area (Å²) in [4.78, 5) is 31.8. The number of guanidine groups is 1. The lowest BCUT2D eigenvalue weighted by Gasteiger charge is -2.35. The van der Waals surface area contributed by atoms with Gasteiger partial charge in [-0.15, -0.1) is 0 Å². The number of rotatable bonds is 6. The van der Waals surface area contributed by atoms with Crippen molar-refractivity contribution in [2.24, 2.45) is 16.8 Å². The monoisotopic (exact) mass is 423 g/mol. The van der Waals surface area contributed by atoms with Gasteiger partial charge in [-0.05, 0) is 57.3 Å². The molecule has 1 saturated carbocycles. The van der Waals surface area contributed by atoms with Crippen LogP contribution >= 0.6 is 0 Å². The molecule has 1 aliphatic heterocycles. The summed E-state index contributed by atoms with van der Waals surface area (Å²) in [5, 5.41) is 7.09. The van der Waals surface area contributed by atoms with Crippen LogP contribution in [0, 0.1) is 11.8 Å². The number of hydrogen-bond donors (Lipinski definition) is 2. The molecule has 2 N–H and O–H groups in total. The van der Waals surface area contributed by atoms with Gasteiger partial charge in [-0.25, -0.2) is 9.79 Å². The number of piperidine rings is 1. The predicted molar refractivity (Wildman–Crippen MR) is 119 cm³/mol. The molecular weight excluding hydrogens is 382 g/mol. The maximum Gasteiger partial charge on any atom is 0.409 e. The summed E-state index contributed by atoms with van der Waals surface area (Å²) in [6, 6.07) is 0.615. The van der Waals surface area contributed by atoms with Gasteiger partial charge < -0.3 is 25.2 Å². The van der Waals surface area contributed by atoms with E-state index in [9.17, 15) is 9.59 Å². The van der Waals surface area contributed by atoms with Gasteiger partial charge in [0.05, 0.1) is 6.61 Å². The molecule has 1 heterocycles. The second-order valence-electron chi connectivity index (χ2n) is 9.06. The Balaban J connectivity index is 1.91. The fraction of sp³-hybridized carbons (Fsp3) is 0.864. The van der Waals surface area contributed by atoms with E-state index in [1.54, 1.807) is 23.9 Å². The van der Waals surface area contributed by atoms with Crippen molar-refractivity contribution in [2.75, 3.05) is 40.3 Å². The smallest absolute Gasteiger partial charge is 0.409 e. The van der Waals surface area contributed by atoms with E-state index in [1.165, 1.54) is 12.8 Å². The Morgan fingerprint density at radius 1 is 1.03 bits per heavy atom. The van der Waals surface area contributed by atoms with Crippen LogP contribution in [0.3, 0.4) is 0 Å². The van der Waals surface area contributed by atoms with Gasteiger partial charge in [0.1, 0.15) is 6.54 Å². The first-order chi connectivity index (χ1) is 14.3. The van der Waals surface area contributed by atoms with Crippen molar-refractivity contribution in [2.45, 2.75) is 71.4 Å². The Labute approximate surface area is 181 Å². The van der Waals surface area contributed by atoms with Gasteiger partial charge in [0.15, 0.2) is 5.96 Å². The first kappa shape index (κ1) is 24.3. The van der Waals surface area contributed by atoms with Crippen molar-refractivity contribution in [1.82, 2.24) is 20.4 Å². The number of nitrogens with one attached hydrogen (secondary N) is 2. The van der Waals surface area contributed by atoms with Gasteiger partial charge in [-0.1, -0.05) is 13.8 Å². The number of hydrogen-bond acceptors (Lipinski definition) is 4. The number of carbonyl (C=O) groups is 2. The van der Waals surface area contributed by atoms with E-state index in [0.29, 0.717) is 31.7 Å². The van der Waals surface area contributed by atoms with Crippen LogP contribution in [0.5, 0.6) is 0 Å². The van der Waals surface area contributed by atoms with Crippen LogP contribution in [-0.4, -0.2) is 80.2 Å². The van der Waals surface area contributed by atoms with E-state index in [4.69, 9.17) is 4.74 Å². The van der Waals surface area contributed by atoms with E-state index < -0.39 is 0 Å². The van der Waals surface area contributed by atoms with Gasteiger partial charge in [-0.2, -0.15) is 0 Å². The van der Waals surface area contributed by atoms with E-state index in [2.05, 4.69) is 29.5 Å². The minimum atomic E-state index is -0.235. The van der Waals surface area contributed by atoms with Crippen molar-refractivity contribution in [3.05, 3.63) is 0 Å². The minimum Gasteiger partial charge on any atom is -0.450 e. The zero-order valence-electron chi connectivity index (χ0n) is 19.4. The maximum atomic E-state index is 12.0. The molecule has 0 radical (unpaired) electrons. The molecule has 0 bridgehead atoms. The first-order valence-electron chi connectivity index (χ1n) is 11.5. The van der Waals surface area contributed by atoms with Crippen molar-refractivity contribution >= 4 is 18.0 Å². The molecule has 0 atom stereocenters. The number of amides is 2. The number of ether oxygens (including phenoxy) is 1. The highest BCUT2D eigenvalue weighted by Crippen LogP contribution is 2.29. The SMILES string of the molecule is CCOC(=O)N1CCC(NC(=NCC(=O)N(C)C)NC2CCC(C(C)C)CC2)CC1. The number of likely N-dealkylation sites (N-methyl/N-ethyl adjacent to an activating group) is 1. The summed E-state index contributed by atoms with van der Waals surface area (Å²) in [7, 11) is 3.49. The normalized spacial score (nSPS) is 23.3. The van der Waals surface area contributed by atoms with Gasteiger partial charge in [0.25, 0.3) is 0 Å². The van der Waals surface area contributed by atoms with Crippen LogP contribution < -0.4 is 10.6 Å². The molecule has 0 unspecified atom stereocenters. The third kappa shape index (κ3) is 7.69. The number of aliphatic imine (C=N–C) groups is 1. The summed E-state index contributed by atoms with van der Waals surface area (Å²) < 4.78 is 5.10. The fourth-order valence-electron chi connectivity index (χ4n) is 4.16. The van der Waals surface area contributed by atoms with Crippen molar-refractivity contribution in [3.8, 4) is 0 Å². The maximum absolute atomic E-state index is 12.0. The second kappa shape index (κ2) is 12.0. The molecule has 0 aromatic rings. The highest BCUT2D eigenvalue weighted by atomic mass is 16.6. The van der Waals surface area contributed by atoms with Crippen LogP contribution in [0.1, 0.15) is 59.3 Å². The lowest BCUT2D eigenvalue weighted by atomic mass is 9.80. The Kier molecular flexibility index (Phi) is 9.72. The van der Waals surface area contributed by atoms with Gasteiger partial charge in [0, 0.05) is 39.3 Å². The molecule has 8 heteroatoms. The average Bonchev–Trinajstić information content (AvgIpc) is 2.72. The zero-order chi connectivity index (χ0) is 22.1. The Bertz CT molecular complexity index is 577. The molecular formula is C22H41N5O3. The lowest BCUT2D eigenvalue weighted by molar-refractivity contribution is -0.127. The summed E-state index contributed by atoms with van der Waals surface area (Å²) >= 11 is 0. The predicted octanol–water partition coefficient (Wildman–Crippen LogP) is 2.45. The summed E-state index contributed by atoms with van der Waals surface area (Å²) in [5.74, 6) is 2.24. The summed E-state index contributed by atoms with van der Waals surface area (Å²) in [6.45, 7) is 8.30. The molecule has 2 fully saturated rings. The third-order valence-electron chi connectivity index (χ3n) is 6.29. The van der Waals surface area contributed by atoms with Crippen molar-refractivity contribution in [1.29, 1.82) is 0 Å². The van der Waals surface area contributed by atoms with Gasteiger partial charge in [0.2, 0.25) is 5.91 Å². The zero-order valence-corrected chi connectivity index (χ0v) is 19.4. The number of nitrogens with zero attached hydrogens (tertiary/aromatic N) is 3. The molecule has 2 rings (SSSR count). The van der Waals surface area contributed by atoms with Crippen LogP contribution in [0.15, 0.2) is 4.99 Å². The molecule has 0 aromatic carbocycles.